The van der Waals surface area contributed by atoms with Crippen molar-refractivity contribution in [1.82, 2.24) is 5.32 Å². The van der Waals surface area contributed by atoms with Gasteiger partial charge in [0.05, 0.1) is 17.7 Å². The lowest BCUT2D eigenvalue weighted by Crippen LogP contribution is -2.22. The first-order valence-corrected chi connectivity index (χ1v) is 8.24. The van der Waals surface area contributed by atoms with Crippen LogP contribution in [0.2, 0.25) is 5.02 Å². The van der Waals surface area contributed by atoms with Crippen LogP contribution in [0.5, 0.6) is 5.75 Å². The summed E-state index contributed by atoms with van der Waals surface area (Å²) in [6, 6.07) is 14.2. The third-order valence-electron chi connectivity index (χ3n) is 3.22. The highest BCUT2D eigenvalue weighted by molar-refractivity contribution is 9.10. The van der Waals surface area contributed by atoms with Crippen molar-refractivity contribution in [1.29, 1.82) is 0 Å². The Labute approximate surface area is 139 Å². The number of para-hydroxylation sites is 1. The minimum absolute atomic E-state index is 0.0587. The van der Waals surface area contributed by atoms with Gasteiger partial charge in [-0.15, -0.1) is 0 Å². The van der Waals surface area contributed by atoms with Crippen LogP contribution in [0.25, 0.3) is 0 Å². The molecule has 4 heteroatoms. The van der Waals surface area contributed by atoms with Gasteiger partial charge < -0.3 is 10.1 Å². The van der Waals surface area contributed by atoms with Crippen LogP contribution >= 0.6 is 27.5 Å². The quantitative estimate of drug-likeness (QED) is 0.756. The Morgan fingerprint density at radius 1 is 1.19 bits per heavy atom. The third kappa shape index (κ3) is 4.00. The molecule has 0 bridgehead atoms. The molecule has 0 aliphatic carbocycles. The molecular weight excluding hydrogens is 350 g/mol. The second-order valence-corrected chi connectivity index (χ2v) is 5.90. The Bertz CT molecular complexity index is 603. The van der Waals surface area contributed by atoms with Crippen LogP contribution in [0.3, 0.4) is 0 Å². The van der Waals surface area contributed by atoms with Crippen molar-refractivity contribution in [2.75, 3.05) is 13.2 Å². The van der Waals surface area contributed by atoms with Gasteiger partial charge in [-0.25, -0.2) is 0 Å². The summed E-state index contributed by atoms with van der Waals surface area (Å²) in [5.74, 6) is 0.907. The molecule has 0 fully saturated rings. The molecule has 0 heterocycles. The largest absolute Gasteiger partial charge is 0.494 e. The van der Waals surface area contributed by atoms with E-state index >= 15 is 0 Å². The zero-order valence-electron chi connectivity index (χ0n) is 12.2. The molecule has 0 aliphatic rings. The fraction of sp³-hybridized carbons (Fsp3) is 0.294. The van der Waals surface area contributed by atoms with Crippen LogP contribution in [0.1, 0.15) is 31.0 Å². The Kier molecular flexibility index (Phi) is 6.09. The molecule has 1 N–H and O–H groups in total. The summed E-state index contributed by atoms with van der Waals surface area (Å²) in [7, 11) is 0. The summed E-state index contributed by atoms with van der Waals surface area (Å²) in [5.41, 5.74) is 2.25. The Morgan fingerprint density at radius 3 is 2.62 bits per heavy atom. The Morgan fingerprint density at radius 2 is 1.95 bits per heavy atom. The fourth-order valence-corrected chi connectivity index (χ4v) is 2.75. The standard InChI is InChI=1S/C17H19BrClNO/c1-3-20-17(12-9-10-14(18)15(19)11-12)13-7-5-6-8-16(13)21-4-2/h5-11,17,20H,3-4H2,1-2H3. The number of halogens is 2. The van der Waals surface area contributed by atoms with E-state index in [-0.39, 0.29) is 6.04 Å². The Balaban J connectivity index is 2.45. The number of hydrogen-bond acceptors (Lipinski definition) is 2. The zero-order valence-corrected chi connectivity index (χ0v) is 14.5. The van der Waals surface area contributed by atoms with Crippen molar-refractivity contribution in [3.63, 3.8) is 0 Å². The number of rotatable bonds is 6. The van der Waals surface area contributed by atoms with Crippen LogP contribution < -0.4 is 10.1 Å². The molecule has 0 spiro atoms. The van der Waals surface area contributed by atoms with Gasteiger partial charge in [0, 0.05) is 10.0 Å². The lowest BCUT2D eigenvalue weighted by atomic mass is 9.98. The highest BCUT2D eigenvalue weighted by Crippen LogP contribution is 2.33. The molecule has 0 saturated heterocycles. The monoisotopic (exact) mass is 367 g/mol. The third-order valence-corrected chi connectivity index (χ3v) is 4.45. The van der Waals surface area contributed by atoms with Gasteiger partial charge in [0.1, 0.15) is 5.75 Å². The molecule has 1 atom stereocenters. The molecule has 2 aromatic rings. The average molecular weight is 369 g/mol. The van der Waals surface area contributed by atoms with E-state index < -0.39 is 0 Å². The van der Waals surface area contributed by atoms with Crippen LogP contribution in [-0.4, -0.2) is 13.2 Å². The van der Waals surface area contributed by atoms with E-state index in [1.54, 1.807) is 0 Å². The van der Waals surface area contributed by atoms with E-state index in [4.69, 9.17) is 16.3 Å². The summed E-state index contributed by atoms with van der Waals surface area (Å²) in [5, 5.41) is 4.22. The van der Waals surface area contributed by atoms with Crippen LogP contribution in [-0.2, 0) is 0 Å². The summed E-state index contributed by atoms with van der Waals surface area (Å²) >= 11 is 9.68. The van der Waals surface area contributed by atoms with Crippen molar-refractivity contribution in [2.24, 2.45) is 0 Å². The number of benzene rings is 2. The van der Waals surface area contributed by atoms with Crippen molar-refractivity contribution < 1.29 is 4.74 Å². The smallest absolute Gasteiger partial charge is 0.124 e. The minimum atomic E-state index is 0.0587. The van der Waals surface area contributed by atoms with E-state index in [0.29, 0.717) is 11.6 Å². The lowest BCUT2D eigenvalue weighted by molar-refractivity contribution is 0.333. The number of nitrogens with one attached hydrogen (secondary N) is 1. The molecule has 0 aliphatic heterocycles. The van der Waals surface area contributed by atoms with Crippen molar-refractivity contribution in [2.45, 2.75) is 19.9 Å². The van der Waals surface area contributed by atoms with Crippen LogP contribution in [0.4, 0.5) is 0 Å². The molecule has 0 radical (unpaired) electrons. The van der Waals surface area contributed by atoms with Gasteiger partial charge in [-0.05, 0) is 53.2 Å². The van der Waals surface area contributed by atoms with Gasteiger partial charge in [-0.2, -0.15) is 0 Å². The van der Waals surface area contributed by atoms with E-state index in [2.05, 4.69) is 40.3 Å². The SMILES string of the molecule is CCNC(c1ccc(Br)c(Cl)c1)c1ccccc1OCC. The summed E-state index contributed by atoms with van der Waals surface area (Å²) in [6.45, 7) is 5.60. The molecule has 0 aromatic heterocycles. The van der Waals surface area contributed by atoms with E-state index in [0.717, 1.165) is 27.9 Å². The Hall–Kier alpha value is -1.03. The normalized spacial score (nSPS) is 12.2. The van der Waals surface area contributed by atoms with Crippen molar-refractivity contribution in [3.05, 3.63) is 63.1 Å². The first-order chi connectivity index (χ1) is 10.2. The predicted octanol–water partition coefficient (Wildman–Crippen LogP) is 5.20. The second kappa shape index (κ2) is 7.83. The molecule has 21 heavy (non-hydrogen) atoms. The van der Waals surface area contributed by atoms with Crippen molar-refractivity contribution >= 4 is 27.5 Å². The minimum Gasteiger partial charge on any atom is -0.494 e. The molecule has 0 amide bonds. The van der Waals surface area contributed by atoms with Gasteiger partial charge >= 0.3 is 0 Å². The molecular formula is C17H19BrClNO. The van der Waals surface area contributed by atoms with E-state index in [1.807, 2.05) is 37.3 Å². The molecule has 2 nitrogen and oxygen atoms in total. The average Bonchev–Trinajstić information content (AvgIpc) is 2.49. The maximum Gasteiger partial charge on any atom is 0.124 e. The van der Waals surface area contributed by atoms with Crippen LogP contribution in [0.15, 0.2) is 46.9 Å². The fourth-order valence-electron chi connectivity index (χ4n) is 2.31. The van der Waals surface area contributed by atoms with E-state index in [9.17, 15) is 0 Å². The number of ether oxygens (including phenoxy) is 1. The van der Waals surface area contributed by atoms with Gasteiger partial charge in [0.15, 0.2) is 0 Å². The topological polar surface area (TPSA) is 21.3 Å². The maximum absolute atomic E-state index is 6.24. The lowest BCUT2D eigenvalue weighted by Gasteiger charge is -2.22. The first kappa shape index (κ1) is 16.3. The molecule has 2 rings (SSSR count). The summed E-state index contributed by atoms with van der Waals surface area (Å²) in [4.78, 5) is 0. The summed E-state index contributed by atoms with van der Waals surface area (Å²) in [6.07, 6.45) is 0. The molecule has 2 aromatic carbocycles. The summed E-state index contributed by atoms with van der Waals surface area (Å²) < 4.78 is 6.66. The predicted molar refractivity (Wildman–Crippen MR) is 92.3 cm³/mol. The molecule has 0 saturated carbocycles. The highest BCUT2D eigenvalue weighted by Gasteiger charge is 2.18. The van der Waals surface area contributed by atoms with Gasteiger partial charge in [-0.1, -0.05) is 42.8 Å². The number of hydrogen-bond donors (Lipinski definition) is 1. The zero-order chi connectivity index (χ0) is 15.2. The highest BCUT2D eigenvalue weighted by atomic mass is 79.9. The van der Waals surface area contributed by atoms with Gasteiger partial charge in [0.2, 0.25) is 0 Å². The van der Waals surface area contributed by atoms with E-state index in [1.165, 1.54) is 0 Å². The van der Waals surface area contributed by atoms with Gasteiger partial charge in [0.25, 0.3) is 0 Å². The van der Waals surface area contributed by atoms with Gasteiger partial charge in [-0.3, -0.25) is 0 Å². The van der Waals surface area contributed by atoms with Crippen molar-refractivity contribution in [3.8, 4) is 5.75 Å². The maximum atomic E-state index is 6.24. The molecule has 1 unspecified atom stereocenters. The van der Waals surface area contributed by atoms with Crippen LogP contribution in [0, 0.1) is 0 Å². The molecule has 112 valence electrons. The second-order valence-electron chi connectivity index (χ2n) is 4.64. The first-order valence-electron chi connectivity index (χ1n) is 7.07.